The Balaban J connectivity index is 0.00000161. The summed E-state index contributed by atoms with van der Waals surface area (Å²) < 4.78 is 0. The number of aliphatic imine (C=N–C) groups is 1. The summed E-state index contributed by atoms with van der Waals surface area (Å²) in [6.45, 7) is 5.79. The molecular weight excluding hydrogens is 379 g/mol. The summed E-state index contributed by atoms with van der Waals surface area (Å²) in [5.74, 6) is 2.19. The van der Waals surface area contributed by atoms with Crippen molar-refractivity contribution in [1.29, 1.82) is 0 Å². The summed E-state index contributed by atoms with van der Waals surface area (Å²) in [4.78, 5) is 17.6. The maximum atomic E-state index is 6.13. The molecule has 0 spiro atoms. The first-order valence-corrected chi connectivity index (χ1v) is 7.34. The van der Waals surface area contributed by atoms with Crippen molar-refractivity contribution < 1.29 is 0 Å². The van der Waals surface area contributed by atoms with Gasteiger partial charge in [-0.1, -0.05) is 6.92 Å². The number of rotatable bonds is 2. The van der Waals surface area contributed by atoms with E-state index < -0.39 is 0 Å². The van der Waals surface area contributed by atoms with Crippen LogP contribution in [0.2, 0.25) is 0 Å². The van der Waals surface area contributed by atoms with E-state index in [1.54, 1.807) is 12.4 Å². The minimum Gasteiger partial charge on any atom is -0.370 e. The number of hydrogen-bond acceptors (Lipinski definition) is 4. The van der Waals surface area contributed by atoms with Gasteiger partial charge in [-0.25, -0.2) is 15.0 Å². The Morgan fingerprint density at radius 1 is 1.19 bits per heavy atom. The second-order valence-corrected chi connectivity index (χ2v) is 5.63. The van der Waals surface area contributed by atoms with E-state index in [1.807, 2.05) is 6.07 Å². The molecule has 1 aliphatic heterocycles. The smallest absolute Gasteiger partial charge is 0.225 e. The van der Waals surface area contributed by atoms with Gasteiger partial charge in [-0.05, 0) is 24.8 Å². The number of guanidine groups is 1. The topological polar surface area (TPSA) is 70.6 Å². The van der Waals surface area contributed by atoms with Crippen LogP contribution in [0.1, 0.15) is 19.8 Å². The van der Waals surface area contributed by atoms with Crippen molar-refractivity contribution in [2.24, 2.45) is 16.6 Å². The van der Waals surface area contributed by atoms with Gasteiger partial charge in [0.2, 0.25) is 5.95 Å². The molecule has 0 amide bonds. The lowest BCUT2D eigenvalue weighted by atomic mass is 9.82. The standard InChI is InChI=1S/C14H22N6.HI/c1-11-3-4-12(11)18-13(15)19-7-9-20(10-8-19)14-16-5-2-6-17-14;/h2,5-6,11-12H,3-4,7-10H2,1H3,(H2,15,18);1H. The van der Waals surface area contributed by atoms with Crippen LogP contribution in [0.4, 0.5) is 5.95 Å². The van der Waals surface area contributed by atoms with E-state index in [1.165, 1.54) is 12.8 Å². The van der Waals surface area contributed by atoms with Gasteiger partial charge in [-0.15, -0.1) is 24.0 Å². The largest absolute Gasteiger partial charge is 0.370 e. The summed E-state index contributed by atoms with van der Waals surface area (Å²) in [7, 11) is 0. The zero-order valence-electron chi connectivity index (χ0n) is 12.4. The number of hydrogen-bond donors (Lipinski definition) is 1. The average Bonchev–Trinajstić information content (AvgIpc) is 2.52. The number of nitrogens with two attached hydrogens (primary N) is 1. The van der Waals surface area contributed by atoms with Crippen molar-refractivity contribution in [2.45, 2.75) is 25.8 Å². The van der Waals surface area contributed by atoms with Gasteiger partial charge in [-0.3, -0.25) is 0 Å². The molecule has 0 aromatic carbocycles. The van der Waals surface area contributed by atoms with Gasteiger partial charge in [0.25, 0.3) is 0 Å². The Morgan fingerprint density at radius 3 is 2.38 bits per heavy atom. The molecule has 2 N–H and O–H groups in total. The van der Waals surface area contributed by atoms with Crippen LogP contribution in [0, 0.1) is 5.92 Å². The fraction of sp³-hybridized carbons (Fsp3) is 0.643. The highest BCUT2D eigenvalue weighted by atomic mass is 127. The highest BCUT2D eigenvalue weighted by Gasteiger charge is 2.27. The predicted octanol–water partition coefficient (Wildman–Crippen LogP) is 1.33. The SMILES string of the molecule is CC1CCC1N=C(N)N1CCN(c2ncccn2)CC1.I. The number of nitrogens with zero attached hydrogens (tertiary/aromatic N) is 5. The number of halogens is 1. The van der Waals surface area contributed by atoms with Crippen LogP contribution in [-0.2, 0) is 0 Å². The lowest BCUT2D eigenvalue weighted by Gasteiger charge is -2.37. The first-order chi connectivity index (χ1) is 9.74. The maximum absolute atomic E-state index is 6.13. The van der Waals surface area contributed by atoms with E-state index in [-0.39, 0.29) is 24.0 Å². The summed E-state index contributed by atoms with van der Waals surface area (Å²) in [6.07, 6.45) is 6.02. The molecule has 6 nitrogen and oxygen atoms in total. The molecule has 2 unspecified atom stereocenters. The van der Waals surface area contributed by atoms with Crippen LogP contribution in [-0.4, -0.2) is 53.0 Å². The molecule has 2 fully saturated rings. The highest BCUT2D eigenvalue weighted by Crippen LogP contribution is 2.29. The molecule has 1 aromatic rings. The van der Waals surface area contributed by atoms with Crippen LogP contribution in [0.15, 0.2) is 23.5 Å². The summed E-state index contributed by atoms with van der Waals surface area (Å²) in [5, 5.41) is 0. The van der Waals surface area contributed by atoms with Gasteiger partial charge in [-0.2, -0.15) is 0 Å². The van der Waals surface area contributed by atoms with Gasteiger partial charge in [0, 0.05) is 38.6 Å². The first kappa shape index (κ1) is 16.3. The Kier molecular flexibility index (Phi) is 5.60. The molecule has 3 rings (SSSR count). The quantitative estimate of drug-likeness (QED) is 0.459. The van der Waals surface area contributed by atoms with E-state index in [0.717, 1.165) is 32.1 Å². The molecule has 7 heteroatoms. The van der Waals surface area contributed by atoms with Crippen molar-refractivity contribution in [3.05, 3.63) is 18.5 Å². The van der Waals surface area contributed by atoms with E-state index in [2.05, 4.69) is 31.7 Å². The summed E-state index contributed by atoms with van der Waals surface area (Å²) in [6, 6.07) is 2.27. The summed E-state index contributed by atoms with van der Waals surface area (Å²) in [5.41, 5.74) is 6.13. The molecule has 116 valence electrons. The predicted molar refractivity (Wildman–Crippen MR) is 95.0 cm³/mol. The molecule has 0 radical (unpaired) electrons. The second-order valence-electron chi connectivity index (χ2n) is 5.63. The molecule has 21 heavy (non-hydrogen) atoms. The molecule has 1 aliphatic carbocycles. The molecular formula is C14H23IN6. The molecule has 2 atom stereocenters. The van der Waals surface area contributed by atoms with Crippen molar-refractivity contribution >= 4 is 35.9 Å². The van der Waals surface area contributed by atoms with E-state index in [4.69, 9.17) is 5.73 Å². The lowest BCUT2D eigenvalue weighted by Crippen LogP contribution is -2.52. The van der Waals surface area contributed by atoms with Gasteiger partial charge >= 0.3 is 0 Å². The molecule has 1 saturated heterocycles. The van der Waals surface area contributed by atoms with Crippen LogP contribution in [0.25, 0.3) is 0 Å². The average molecular weight is 402 g/mol. The minimum absolute atomic E-state index is 0. The monoisotopic (exact) mass is 402 g/mol. The minimum atomic E-state index is 0. The number of aromatic nitrogens is 2. The van der Waals surface area contributed by atoms with Gasteiger partial charge < -0.3 is 15.5 Å². The van der Waals surface area contributed by atoms with Crippen molar-refractivity contribution in [3.63, 3.8) is 0 Å². The maximum Gasteiger partial charge on any atom is 0.225 e. The highest BCUT2D eigenvalue weighted by molar-refractivity contribution is 14.0. The van der Waals surface area contributed by atoms with Gasteiger partial charge in [0.05, 0.1) is 6.04 Å². The second kappa shape index (κ2) is 7.24. The molecule has 1 aromatic heterocycles. The third kappa shape index (κ3) is 3.75. The third-order valence-corrected chi connectivity index (χ3v) is 4.31. The lowest BCUT2D eigenvalue weighted by molar-refractivity contribution is 0.278. The van der Waals surface area contributed by atoms with Crippen molar-refractivity contribution in [3.8, 4) is 0 Å². The zero-order valence-corrected chi connectivity index (χ0v) is 14.7. The van der Waals surface area contributed by atoms with Crippen molar-refractivity contribution in [2.75, 3.05) is 31.1 Å². The van der Waals surface area contributed by atoms with Crippen LogP contribution >= 0.6 is 24.0 Å². The van der Waals surface area contributed by atoms with Crippen LogP contribution < -0.4 is 10.6 Å². The Bertz CT molecular complexity index is 472. The molecule has 1 saturated carbocycles. The van der Waals surface area contributed by atoms with E-state index in [9.17, 15) is 0 Å². The van der Waals surface area contributed by atoms with E-state index >= 15 is 0 Å². The fourth-order valence-corrected chi connectivity index (χ4v) is 2.68. The molecule has 2 heterocycles. The molecule has 0 bridgehead atoms. The third-order valence-electron chi connectivity index (χ3n) is 4.31. The fourth-order valence-electron chi connectivity index (χ4n) is 2.68. The van der Waals surface area contributed by atoms with Gasteiger partial charge in [0.15, 0.2) is 5.96 Å². The normalized spacial score (nSPS) is 26.0. The van der Waals surface area contributed by atoms with Gasteiger partial charge in [0.1, 0.15) is 0 Å². The van der Waals surface area contributed by atoms with Crippen LogP contribution in [0.3, 0.4) is 0 Å². The zero-order chi connectivity index (χ0) is 13.9. The molecule has 2 aliphatic rings. The number of piperazine rings is 1. The van der Waals surface area contributed by atoms with Crippen molar-refractivity contribution in [1.82, 2.24) is 14.9 Å². The Morgan fingerprint density at radius 2 is 1.86 bits per heavy atom. The van der Waals surface area contributed by atoms with Crippen LogP contribution in [0.5, 0.6) is 0 Å². The first-order valence-electron chi connectivity index (χ1n) is 7.34. The van der Waals surface area contributed by atoms with E-state index in [0.29, 0.717) is 17.9 Å². The Labute approximate surface area is 142 Å². The number of anilines is 1. The Hall–Kier alpha value is -1.12. The summed E-state index contributed by atoms with van der Waals surface area (Å²) >= 11 is 0.